The van der Waals surface area contributed by atoms with Crippen LogP contribution in [0.1, 0.15) is 18.3 Å². The van der Waals surface area contributed by atoms with Gasteiger partial charge in [0.05, 0.1) is 31.4 Å². The fourth-order valence-corrected chi connectivity index (χ4v) is 5.15. The van der Waals surface area contributed by atoms with E-state index in [1.54, 1.807) is 6.92 Å². The molecule has 2 aromatic heterocycles. The minimum Gasteiger partial charge on any atom is -0.506 e. The van der Waals surface area contributed by atoms with Crippen LogP contribution in [0.15, 0.2) is 24.3 Å². The van der Waals surface area contributed by atoms with Crippen molar-refractivity contribution in [2.75, 3.05) is 6.61 Å². The molecular weight excluding hydrogens is 542 g/mol. The first kappa shape index (κ1) is 25.5. The lowest BCUT2D eigenvalue weighted by Gasteiger charge is -2.13. The predicted molar refractivity (Wildman–Crippen MR) is 126 cm³/mol. The van der Waals surface area contributed by atoms with Crippen LogP contribution < -0.4 is 4.74 Å². The van der Waals surface area contributed by atoms with Crippen LogP contribution in [0.25, 0.3) is 32.2 Å². The summed E-state index contributed by atoms with van der Waals surface area (Å²) in [6.45, 7) is 1.92. The molecule has 0 spiro atoms. The molecule has 0 aliphatic carbocycles. The normalized spacial score (nSPS) is 11.4. The van der Waals surface area contributed by atoms with Crippen molar-refractivity contribution in [3.05, 3.63) is 45.7 Å². The molecule has 8 nitrogen and oxygen atoms in total. The monoisotopic (exact) mass is 553 g/mol. The van der Waals surface area contributed by atoms with Crippen LogP contribution in [0.2, 0.25) is 10.0 Å². The van der Waals surface area contributed by atoms with Crippen LogP contribution in [-0.4, -0.2) is 32.6 Å². The SMILES string of the molecule is CCOCn1c(-c2cc(Cl)c(-c3nc4ccc(OC(F)(F)F)cc4s3)c(Cl)c2O)nc(C#N)c1C#N. The van der Waals surface area contributed by atoms with Gasteiger partial charge in [-0.05, 0) is 31.2 Å². The van der Waals surface area contributed by atoms with Gasteiger partial charge in [0, 0.05) is 6.61 Å². The highest BCUT2D eigenvalue weighted by Gasteiger charge is 2.31. The molecule has 0 unspecified atom stereocenters. The number of nitriles is 2. The number of imidazole rings is 1. The van der Waals surface area contributed by atoms with Crippen molar-refractivity contribution in [3.63, 3.8) is 0 Å². The lowest BCUT2D eigenvalue weighted by molar-refractivity contribution is -0.274. The zero-order chi connectivity index (χ0) is 26.2. The number of thiazole rings is 1. The second kappa shape index (κ2) is 9.84. The number of hydrogen-bond acceptors (Lipinski definition) is 8. The summed E-state index contributed by atoms with van der Waals surface area (Å²) in [6.07, 6.45) is -4.85. The van der Waals surface area contributed by atoms with Crippen LogP contribution in [0.4, 0.5) is 13.2 Å². The number of halogens is 5. The second-order valence-electron chi connectivity index (χ2n) is 7.05. The second-order valence-corrected chi connectivity index (χ2v) is 8.86. The number of aromatic nitrogens is 3. The molecule has 0 atom stereocenters. The van der Waals surface area contributed by atoms with E-state index in [0.29, 0.717) is 16.8 Å². The zero-order valence-corrected chi connectivity index (χ0v) is 20.3. The smallest absolute Gasteiger partial charge is 0.506 e. The maximum atomic E-state index is 12.6. The molecule has 0 saturated carbocycles. The third-order valence-corrected chi connectivity index (χ3v) is 6.55. The highest BCUT2D eigenvalue weighted by molar-refractivity contribution is 7.21. The fraction of sp³-hybridized carbons (Fsp3) is 0.182. The van der Waals surface area contributed by atoms with Gasteiger partial charge in [0.1, 0.15) is 41.2 Å². The minimum absolute atomic E-state index is 0.0302. The summed E-state index contributed by atoms with van der Waals surface area (Å²) >= 11 is 14.0. The van der Waals surface area contributed by atoms with Gasteiger partial charge in [-0.2, -0.15) is 10.5 Å². The predicted octanol–water partition coefficient (Wildman–Crippen LogP) is 6.48. The van der Waals surface area contributed by atoms with Crippen LogP contribution in [0, 0.1) is 22.7 Å². The van der Waals surface area contributed by atoms with E-state index in [1.165, 1.54) is 22.8 Å². The van der Waals surface area contributed by atoms with Gasteiger partial charge < -0.3 is 14.6 Å². The van der Waals surface area contributed by atoms with Gasteiger partial charge in [-0.3, -0.25) is 4.57 Å². The number of phenols is 1. The number of benzene rings is 2. The maximum Gasteiger partial charge on any atom is 0.573 e. The fourth-order valence-electron chi connectivity index (χ4n) is 3.34. The Morgan fingerprint density at radius 2 is 1.92 bits per heavy atom. The number of nitrogens with zero attached hydrogens (tertiary/aromatic N) is 5. The van der Waals surface area contributed by atoms with E-state index in [2.05, 4.69) is 14.7 Å². The molecule has 0 saturated heterocycles. The van der Waals surface area contributed by atoms with E-state index >= 15 is 0 Å². The van der Waals surface area contributed by atoms with E-state index in [0.717, 1.165) is 17.4 Å². The van der Waals surface area contributed by atoms with Crippen molar-refractivity contribution >= 4 is 44.8 Å². The van der Waals surface area contributed by atoms with Gasteiger partial charge in [0.2, 0.25) is 0 Å². The summed E-state index contributed by atoms with van der Waals surface area (Å²) in [7, 11) is 0. The molecule has 0 amide bonds. The summed E-state index contributed by atoms with van der Waals surface area (Å²) in [4.78, 5) is 8.51. The molecule has 36 heavy (non-hydrogen) atoms. The van der Waals surface area contributed by atoms with Gasteiger partial charge in [0.15, 0.2) is 11.4 Å². The standard InChI is InChI=1S/C22H12Cl2F3N5O3S/c1-2-34-9-32-15(8-29)14(7-28)30-20(32)11-6-12(23)17(18(24)19(11)33)21-31-13-4-3-10(5-16(13)36-21)35-22(25,26)27/h3-6,33H,2,9H2,1H3. The molecule has 0 fully saturated rings. The van der Waals surface area contributed by atoms with Crippen LogP contribution in [0.5, 0.6) is 11.5 Å². The van der Waals surface area contributed by atoms with Crippen molar-refractivity contribution < 1.29 is 27.8 Å². The molecule has 4 aromatic rings. The van der Waals surface area contributed by atoms with Crippen LogP contribution >= 0.6 is 34.5 Å². The third kappa shape index (κ3) is 4.76. The molecule has 2 aromatic carbocycles. The number of fused-ring (bicyclic) bond motifs is 1. The first-order valence-corrected chi connectivity index (χ1v) is 11.5. The minimum atomic E-state index is -4.85. The Morgan fingerprint density at radius 3 is 2.56 bits per heavy atom. The van der Waals surface area contributed by atoms with Gasteiger partial charge in [-0.25, -0.2) is 9.97 Å². The average Bonchev–Trinajstić information content (AvgIpc) is 3.39. The zero-order valence-electron chi connectivity index (χ0n) is 18.0. The highest BCUT2D eigenvalue weighted by atomic mass is 35.5. The average molecular weight is 554 g/mol. The summed E-state index contributed by atoms with van der Waals surface area (Å²) in [5.74, 6) is -0.834. The Labute approximate surface area is 215 Å². The topological polar surface area (TPSA) is 117 Å². The Kier molecular flexibility index (Phi) is 6.98. The Hall–Kier alpha value is -3.55. The number of alkyl halides is 3. The molecule has 2 heterocycles. The van der Waals surface area contributed by atoms with Gasteiger partial charge >= 0.3 is 6.36 Å². The molecule has 0 radical (unpaired) electrons. The molecule has 0 aliphatic rings. The molecule has 14 heteroatoms. The van der Waals surface area contributed by atoms with Gasteiger partial charge in [0.25, 0.3) is 0 Å². The molecule has 0 bridgehead atoms. The third-order valence-electron chi connectivity index (χ3n) is 4.84. The largest absolute Gasteiger partial charge is 0.573 e. The highest BCUT2D eigenvalue weighted by Crippen LogP contribution is 2.47. The van der Waals surface area contributed by atoms with E-state index in [9.17, 15) is 28.8 Å². The van der Waals surface area contributed by atoms with E-state index in [-0.39, 0.29) is 50.1 Å². The summed E-state index contributed by atoms with van der Waals surface area (Å²) in [5, 5.41) is 29.9. The number of hydrogen-bond donors (Lipinski definition) is 1. The Morgan fingerprint density at radius 1 is 1.17 bits per heavy atom. The first-order valence-electron chi connectivity index (χ1n) is 9.94. The molecular formula is C22H12Cl2F3N5O3S. The Bertz CT molecular complexity index is 1570. The van der Waals surface area contributed by atoms with Crippen molar-refractivity contribution in [2.45, 2.75) is 20.0 Å². The summed E-state index contributed by atoms with van der Waals surface area (Å²) in [6, 6.07) is 8.72. The maximum absolute atomic E-state index is 12.6. The molecule has 4 rings (SSSR count). The Balaban J connectivity index is 1.84. The number of rotatable bonds is 6. The van der Waals surface area contributed by atoms with Crippen molar-refractivity contribution in [2.24, 2.45) is 0 Å². The lowest BCUT2D eigenvalue weighted by Crippen LogP contribution is -2.16. The first-order chi connectivity index (χ1) is 17.1. The van der Waals surface area contributed by atoms with Crippen LogP contribution in [0.3, 0.4) is 0 Å². The van der Waals surface area contributed by atoms with Crippen molar-refractivity contribution in [3.8, 4) is 45.6 Å². The number of ether oxygens (including phenoxy) is 2. The molecule has 1 N–H and O–H groups in total. The molecule has 184 valence electrons. The van der Waals surface area contributed by atoms with E-state index in [1.807, 2.05) is 12.1 Å². The quantitative estimate of drug-likeness (QED) is 0.290. The summed E-state index contributed by atoms with van der Waals surface area (Å²) in [5.41, 5.74) is 0.298. The van der Waals surface area contributed by atoms with Crippen molar-refractivity contribution in [1.29, 1.82) is 10.5 Å². The number of aromatic hydroxyl groups is 1. The van der Waals surface area contributed by atoms with Crippen molar-refractivity contribution in [1.82, 2.24) is 14.5 Å². The number of phenolic OH excluding ortho intramolecular Hbond substituents is 1. The van der Waals surface area contributed by atoms with Gasteiger partial charge in [-0.1, -0.05) is 23.2 Å². The van der Waals surface area contributed by atoms with Crippen LogP contribution in [-0.2, 0) is 11.5 Å². The molecule has 0 aliphatic heterocycles. The lowest BCUT2D eigenvalue weighted by atomic mass is 10.1. The van der Waals surface area contributed by atoms with E-state index in [4.69, 9.17) is 27.9 Å². The van der Waals surface area contributed by atoms with Gasteiger partial charge in [-0.15, -0.1) is 24.5 Å². The van der Waals surface area contributed by atoms with E-state index < -0.39 is 17.9 Å². The summed E-state index contributed by atoms with van der Waals surface area (Å²) < 4.78 is 48.7.